The standard InChI is InChI=1S/C19H22F3NO6S/c1-28-17(24)9-4-12-2-6-14(7-3-12)23-11-13-5-8-15(10-16(13)18(23)25)29-30(26,27)19(20,21)22/h5,8,10,12,14H,2-4,6-7,9,11H2,1H3. The van der Waals surface area contributed by atoms with Crippen LogP contribution in [0.15, 0.2) is 18.2 Å². The average molecular weight is 449 g/mol. The van der Waals surface area contributed by atoms with Gasteiger partial charge in [0.05, 0.1) is 7.11 Å². The van der Waals surface area contributed by atoms with Crippen LogP contribution < -0.4 is 4.18 Å². The average Bonchev–Trinajstić information content (AvgIpc) is 3.01. The molecule has 1 aliphatic carbocycles. The molecule has 0 unspecified atom stereocenters. The van der Waals surface area contributed by atoms with E-state index in [4.69, 9.17) is 0 Å². The van der Waals surface area contributed by atoms with E-state index in [1.54, 1.807) is 4.90 Å². The highest BCUT2D eigenvalue weighted by Gasteiger charge is 2.48. The molecule has 1 aliphatic heterocycles. The number of nitrogens with zero attached hydrogens (tertiary/aromatic N) is 1. The normalized spacial score (nSPS) is 22.0. The van der Waals surface area contributed by atoms with Crippen LogP contribution in [0.2, 0.25) is 0 Å². The molecule has 1 amide bonds. The molecule has 0 N–H and O–H groups in total. The molecule has 30 heavy (non-hydrogen) atoms. The lowest BCUT2D eigenvalue weighted by Gasteiger charge is -2.34. The summed E-state index contributed by atoms with van der Waals surface area (Å²) < 4.78 is 68.7. The molecule has 166 valence electrons. The zero-order chi connectivity index (χ0) is 22.1. The van der Waals surface area contributed by atoms with E-state index in [1.165, 1.54) is 13.2 Å². The number of fused-ring (bicyclic) bond motifs is 1. The molecule has 0 radical (unpaired) electrons. The van der Waals surface area contributed by atoms with Gasteiger partial charge in [0.2, 0.25) is 0 Å². The lowest BCUT2D eigenvalue weighted by molar-refractivity contribution is -0.141. The number of amides is 1. The molecule has 3 rings (SSSR count). The summed E-state index contributed by atoms with van der Waals surface area (Å²) in [5, 5.41) is 0. The topological polar surface area (TPSA) is 90.0 Å². The number of methoxy groups -OCH3 is 1. The lowest BCUT2D eigenvalue weighted by Crippen LogP contribution is -2.38. The number of esters is 1. The van der Waals surface area contributed by atoms with Crippen LogP contribution in [0.3, 0.4) is 0 Å². The van der Waals surface area contributed by atoms with Gasteiger partial charge in [-0.05, 0) is 55.7 Å². The molecular formula is C19H22F3NO6S. The Bertz CT molecular complexity index is 923. The summed E-state index contributed by atoms with van der Waals surface area (Å²) in [6.07, 6.45) is 4.35. The maximum atomic E-state index is 12.8. The fourth-order valence-electron chi connectivity index (χ4n) is 3.99. The minimum Gasteiger partial charge on any atom is -0.469 e. The zero-order valence-electron chi connectivity index (χ0n) is 16.3. The fraction of sp³-hybridized carbons (Fsp3) is 0.579. The number of carbonyl (C=O) groups is 2. The van der Waals surface area contributed by atoms with Crippen molar-refractivity contribution in [2.24, 2.45) is 5.92 Å². The van der Waals surface area contributed by atoms with Crippen LogP contribution >= 0.6 is 0 Å². The predicted molar refractivity (Wildman–Crippen MR) is 98.9 cm³/mol. The summed E-state index contributed by atoms with van der Waals surface area (Å²) >= 11 is 0. The third-order valence-electron chi connectivity index (χ3n) is 5.64. The number of hydrogen-bond acceptors (Lipinski definition) is 6. The SMILES string of the molecule is COC(=O)CCC1CCC(N2Cc3ccc(OS(=O)(=O)C(F)(F)F)cc3C2=O)CC1. The molecule has 1 saturated carbocycles. The number of carbonyl (C=O) groups excluding carboxylic acids is 2. The van der Waals surface area contributed by atoms with E-state index in [0.29, 0.717) is 24.4 Å². The molecule has 1 aromatic carbocycles. The van der Waals surface area contributed by atoms with Crippen LogP contribution in [-0.4, -0.2) is 43.9 Å². The van der Waals surface area contributed by atoms with Crippen molar-refractivity contribution in [1.29, 1.82) is 0 Å². The van der Waals surface area contributed by atoms with E-state index in [1.807, 2.05) is 0 Å². The second kappa shape index (κ2) is 8.44. The van der Waals surface area contributed by atoms with Gasteiger partial charge in [-0.3, -0.25) is 9.59 Å². The van der Waals surface area contributed by atoms with Crippen LogP contribution in [-0.2, 0) is 26.2 Å². The Morgan fingerprint density at radius 3 is 2.47 bits per heavy atom. The number of rotatable bonds is 6. The summed E-state index contributed by atoms with van der Waals surface area (Å²) in [7, 11) is -4.45. The van der Waals surface area contributed by atoms with Crippen LogP contribution in [0.1, 0.15) is 54.4 Å². The molecular weight excluding hydrogens is 427 g/mol. The summed E-state index contributed by atoms with van der Waals surface area (Å²) in [5.74, 6) is -0.758. The number of benzene rings is 1. The predicted octanol–water partition coefficient (Wildman–Crippen LogP) is 3.38. The van der Waals surface area contributed by atoms with Crippen LogP contribution in [0.5, 0.6) is 5.75 Å². The number of ether oxygens (including phenoxy) is 1. The van der Waals surface area contributed by atoms with Crippen molar-refractivity contribution >= 4 is 22.0 Å². The van der Waals surface area contributed by atoms with Crippen molar-refractivity contribution in [3.8, 4) is 5.75 Å². The maximum absolute atomic E-state index is 12.8. The van der Waals surface area contributed by atoms with Crippen LogP contribution in [0.4, 0.5) is 13.2 Å². The number of halogens is 3. The van der Waals surface area contributed by atoms with Crippen molar-refractivity contribution in [2.75, 3.05) is 7.11 Å². The minimum absolute atomic E-state index is 0.0115. The van der Waals surface area contributed by atoms with Crippen molar-refractivity contribution in [3.63, 3.8) is 0 Å². The molecule has 11 heteroatoms. The second-order valence-electron chi connectivity index (χ2n) is 7.52. The Kier molecular flexibility index (Phi) is 6.30. The molecule has 1 aromatic rings. The van der Waals surface area contributed by atoms with E-state index in [9.17, 15) is 31.2 Å². The van der Waals surface area contributed by atoms with Gasteiger partial charge in [0.25, 0.3) is 5.91 Å². The van der Waals surface area contributed by atoms with E-state index in [0.717, 1.165) is 44.2 Å². The molecule has 2 aliphatic rings. The Hall–Kier alpha value is -2.30. The number of hydrogen-bond donors (Lipinski definition) is 0. The lowest BCUT2D eigenvalue weighted by atomic mass is 9.83. The first-order valence-electron chi connectivity index (χ1n) is 9.53. The number of alkyl halides is 3. The highest BCUT2D eigenvalue weighted by atomic mass is 32.2. The summed E-state index contributed by atoms with van der Waals surface area (Å²) in [6.45, 7) is 0.317. The third kappa shape index (κ3) is 4.71. The van der Waals surface area contributed by atoms with Crippen molar-refractivity contribution < 1.29 is 40.1 Å². The Labute approximate surface area is 172 Å². The molecule has 1 heterocycles. The van der Waals surface area contributed by atoms with Crippen LogP contribution in [0, 0.1) is 5.92 Å². The van der Waals surface area contributed by atoms with Gasteiger partial charge in [-0.2, -0.15) is 21.6 Å². The molecule has 7 nitrogen and oxygen atoms in total. The molecule has 0 saturated heterocycles. The maximum Gasteiger partial charge on any atom is 0.534 e. The van der Waals surface area contributed by atoms with Crippen molar-refractivity contribution in [3.05, 3.63) is 29.3 Å². The molecule has 0 aromatic heterocycles. The first kappa shape index (κ1) is 22.4. The van der Waals surface area contributed by atoms with E-state index in [-0.39, 0.29) is 23.5 Å². The van der Waals surface area contributed by atoms with Gasteiger partial charge in [0.1, 0.15) is 5.75 Å². The quantitative estimate of drug-likeness (QED) is 0.376. The van der Waals surface area contributed by atoms with Gasteiger partial charge >= 0.3 is 21.6 Å². The first-order chi connectivity index (χ1) is 14.0. The Morgan fingerprint density at radius 1 is 1.20 bits per heavy atom. The summed E-state index contributed by atoms with van der Waals surface area (Å²) in [4.78, 5) is 25.7. The van der Waals surface area contributed by atoms with Gasteiger partial charge < -0.3 is 13.8 Å². The molecule has 1 fully saturated rings. The molecule has 0 atom stereocenters. The Morgan fingerprint density at radius 2 is 1.87 bits per heavy atom. The highest BCUT2D eigenvalue weighted by molar-refractivity contribution is 7.88. The Balaban J connectivity index is 1.62. The smallest absolute Gasteiger partial charge is 0.469 e. The highest BCUT2D eigenvalue weighted by Crippen LogP contribution is 2.36. The zero-order valence-corrected chi connectivity index (χ0v) is 17.1. The monoisotopic (exact) mass is 449 g/mol. The van der Waals surface area contributed by atoms with Gasteiger partial charge in [-0.15, -0.1) is 0 Å². The van der Waals surface area contributed by atoms with Crippen molar-refractivity contribution in [2.45, 2.75) is 56.6 Å². The van der Waals surface area contributed by atoms with Gasteiger partial charge in [0, 0.05) is 24.6 Å². The minimum atomic E-state index is -5.80. The van der Waals surface area contributed by atoms with Crippen LogP contribution in [0.25, 0.3) is 0 Å². The summed E-state index contributed by atoms with van der Waals surface area (Å²) in [6, 6.07) is 3.56. The molecule has 0 spiro atoms. The molecule has 0 bridgehead atoms. The largest absolute Gasteiger partial charge is 0.534 e. The third-order valence-corrected chi connectivity index (χ3v) is 6.62. The van der Waals surface area contributed by atoms with E-state index in [2.05, 4.69) is 8.92 Å². The van der Waals surface area contributed by atoms with Gasteiger partial charge in [-0.25, -0.2) is 0 Å². The van der Waals surface area contributed by atoms with Crippen molar-refractivity contribution in [1.82, 2.24) is 4.90 Å². The van der Waals surface area contributed by atoms with E-state index < -0.39 is 21.4 Å². The second-order valence-corrected chi connectivity index (χ2v) is 9.06. The fourth-order valence-corrected chi connectivity index (χ4v) is 4.44. The first-order valence-corrected chi connectivity index (χ1v) is 10.9. The van der Waals surface area contributed by atoms with Gasteiger partial charge in [0.15, 0.2) is 0 Å². The summed E-state index contributed by atoms with van der Waals surface area (Å²) in [5.41, 5.74) is -4.78. The van der Waals surface area contributed by atoms with Gasteiger partial charge in [-0.1, -0.05) is 6.07 Å². The van der Waals surface area contributed by atoms with E-state index >= 15 is 0 Å².